The first kappa shape index (κ1) is 16.7. The maximum atomic E-state index is 5.73. The van der Waals surface area contributed by atoms with E-state index in [9.17, 15) is 0 Å². The summed E-state index contributed by atoms with van der Waals surface area (Å²) in [4.78, 5) is 5.38. The summed E-state index contributed by atoms with van der Waals surface area (Å²) < 4.78 is 6.43. The number of rotatable bonds is 5. The summed E-state index contributed by atoms with van der Waals surface area (Å²) in [5.74, 6) is 0.897. The topological polar surface area (TPSA) is 41.7 Å². The monoisotopic (exact) mass is 371 g/mol. The number of methoxy groups -OCH3 is 1. The van der Waals surface area contributed by atoms with E-state index in [-0.39, 0.29) is 6.04 Å². The molecular weight excluding hydrogens is 350 g/mol. The molecule has 2 N–H and O–H groups in total. The molecule has 116 valence electrons. The van der Waals surface area contributed by atoms with Crippen LogP contribution in [0.2, 0.25) is 0 Å². The van der Waals surface area contributed by atoms with Crippen molar-refractivity contribution in [3.63, 3.8) is 0 Å². The van der Waals surface area contributed by atoms with Crippen molar-refractivity contribution in [2.24, 2.45) is 5.73 Å². The van der Waals surface area contributed by atoms with Gasteiger partial charge >= 0.3 is 0 Å². The van der Waals surface area contributed by atoms with Crippen LogP contribution < -0.4 is 10.5 Å². The van der Waals surface area contributed by atoms with Gasteiger partial charge in [-0.1, -0.05) is 28.1 Å². The van der Waals surface area contributed by atoms with Crippen LogP contribution in [0.15, 0.2) is 22.7 Å². The molecule has 1 unspecified atom stereocenters. The van der Waals surface area contributed by atoms with Gasteiger partial charge in [0.25, 0.3) is 0 Å². The normalized spacial score (nSPS) is 18.4. The molecule has 0 amide bonds. The molecule has 1 saturated heterocycles. The van der Waals surface area contributed by atoms with Crippen molar-refractivity contribution >= 4 is 33.1 Å². The second kappa shape index (κ2) is 7.54. The SMILES string of the molecule is COc1ccc(Br)c(CN2CCN(C(C)C(N)=S)CC2)c1. The van der Waals surface area contributed by atoms with Crippen LogP contribution in [0.3, 0.4) is 0 Å². The highest BCUT2D eigenvalue weighted by molar-refractivity contribution is 9.10. The van der Waals surface area contributed by atoms with Crippen LogP contribution in [-0.4, -0.2) is 54.1 Å². The average Bonchev–Trinajstić information content (AvgIpc) is 2.49. The maximum Gasteiger partial charge on any atom is 0.119 e. The number of nitrogens with two attached hydrogens (primary N) is 1. The quantitative estimate of drug-likeness (QED) is 0.803. The molecule has 0 radical (unpaired) electrons. The molecule has 6 heteroatoms. The van der Waals surface area contributed by atoms with Gasteiger partial charge in [0.2, 0.25) is 0 Å². The Hall–Kier alpha value is -0.690. The van der Waals surface area contributed by atoms with E-state index < -0.39 is 0 Å². The Labute approximate surface area is 140 Å². The zero-order valence-electron chi connectivity index (χ0n) is 12.5. The van der Waals surface area contributed by atoms with Crippen molar-refractivity contribution in [3.8, 4) is 5.75 Å². The van der Waals surface area contributed by atoms with E-state index >= 15 is 0 Å². The van der Waals surface area contributed by atoms with Gasteiger partial charge in [0.15, 0.2) is 0 Å². The number of nitrogens with zero attached hydrogens (tertiary/aromatic N) is 2. The lowest BCUT2D eigenvalue weighted by Gasteiger charge is -2.37. The van der Waals surface area contributed by atoms with Gasteiger partial charge in [0.1, 0.15) is 5.75 Å². The summed E-state index contributed by atoms with van der Waals surface area (Å²) in [5, 5.41) is 0. The molecule has 2 rings (SSSR count). The minimum atomic E-state index is 0.186. The molecule has 21 heavy (non-hydrogen) atoms. The molecule has 0 bridgehead atoms. The number of ether oxygens (including phenoxy) is 1. The van der Waals surface area contributed by atoms with E-state index in [4.69, 9.17) is 22.7 Å². The number of benzene rings is 1. The summed E-state index contributed by atoms with van der Waals surface area (Å²) in [5.41, 5.74) is 6.99. The smallest absolute Gasteiger partial charge is 0.119 e. The first-order chi connectivity index (χ1) is 10.0. The van der Waals surface area contributed by atoms with E-state index in [1.165, 1.54) is 5.56 Å². The molecular formula is C15H22BrN3OS. The lowest BCUT2D eigenvalue weighted by atomic mass is 10.1. The van der Waals surface area contributed by atoms with Crippen molar-refractivity contribution in [2.75, 3.05) is 33.3 Å². The zero-order valence-corrected chi connectivity index (χ0v) is 14.9. The molecule has 1 fully saturated rings. The number of piperazine rings is 1. The fraction of sp³-hybridized carbons (Fsp3) is 0.533. The second-order valence-corrected chi connectivity index (χ2v) is 6.67. The van der Waals surface area contributed by atoms with E-state index in [1.54, 1.807) is 7.11 Å². The Bertz CT molecular complexity index is 504. The third-order valence-corrected chi connectivity index (χ3v) is 5.13. The lowest BCUT2D eigenvalue weighted by Crippen LogP contribution is -2.52. The standard InChI is InChI=1S/C15H22BrN3OS/c1-11(15(17)21)19-7-5-18(6-8-19)10-12-9-13(20-2)3-4-14(12)16/h3-4,9,11H,5-8,10H2,1-2H3,(H2,17,21). The summed E-state index contributed by atoms with van der Waals surface area (Å²) in [6, 6.07) is 6.29. The van der Waals surface area contributed by atoms with E-state index in [0.29, 0.717) is 4.99 Å². The molecule has 1 atom stereocenters. The number of thiocarbonyl (C=S) groups is 1. The van der Waals surface area contributed by atoms with Crippen molar-refractivity contribution in [3.05, 3.63) is 28.2 Å². The van der Waals surface area contributed by atoms with E-state index in [0.717, 1.165) is 42.9 Å². The van der Waals surface area contributed by atoms with Gasteiger partial charge in [-0.2, -0.15) is 0 Å². The van der Waals surface area contributed by atoms with Gasteiger partial charge in [0.05, 0.1) is 18.1 Å². The molecule has 1 aliphatic rings. The van der Waals surface area contributed by atoms with Gasteiger partial charge in [-0.3, -0.25) is 9.80 Å². The lowest BCUT2D eigenvalue weighted by molar-refractivity contribution is 0.117. The fourth-order valence-corrected chi connectivity index (χ4v) is 3.05. The minimum Gasteiger partial charge on any atom is -0.497 e. The van der Waals surface area contributed by atoms with Crippen LogP contribution in [0.5, 0.6) is 5.75 Å². The Morgan fingerprint density at radius 3 is 2.62 bits per heavy atom. The molecule has 1 aromatic rings. The number of hydrogen-bond acceptors (Lipinski definition) is 4. The van der Waals surface area contributed by atoms with Crippen LogP contribution in [0.1, 0.15) is 12.5 Å². The Balaban J connectivity index is 1.93. The van der Waals surface area contributed by atoms with Crippen molar-refractivity contribution < 1.29 is 4.74 Å². The summed E-state index contributed by atoms with van der Waals surface area (Å²) in [6.07, 6.45) is 0. The first-order valence-corrected chi connectivity index (χ1v) is 8.29. The fourth-order valence-electron chi connectivity index (χ4n) is 2.53. The number of hydrogen-bond donors (Lipinski definition) is 1. The third kappa shape index (κ3) is 4.39. The largest absolute Gasteiger partial charge is 0.497 e. The molecule has 1 aromatic carbocycles. The zero-order chi connectivity index (χ0) is 15.4. The molecule has 0 aliphatic carbocycles. The van der Waals surface area contributed by atoms with Crippen LogP contribution in [-0.2, 0) is 6.54 Å². The summed E-state index contributed by atoms with van der Waals surface area (Å²) in [6.45, 7) is 7.05. The Morgan fingerprint density at radius 1 is 1.38 bits per heavy atom. The van der Waals surface area contributed by atoms with Crippen molar-refractivity contribution in [1.29, 1.82) is 0 Å². The van der Waals surface area contributed by atoms with Crippen LogP contribution in [0.25, 0.3) is 0 Å². The predicted molar refractivity (Wildman–Crippen MR) is 93.8 cm³/mol. The van der Waals surface area contributed by atoms with Crippen molar-refractivity contribution in [1.82, 2.24) is 9.80 Å². The van der Waals surface area contributed by atoms with Gasteiger partial charge in [0, 0.05) is 37.2 Å². The molecule has 1 heterocycles. The second-order valence-electron chi connectivity index (χ2n) is 5.35. The van der Waals surface area contributed by atoms with Crippen LogP contribution >= 0.6 is 28.1 Å². The maximum absolute atomic E-state index is 5.73. The molecule has 4 nitrogen and oxygen atoms in total. The Kier molecular flexibility index (Phi) is 5.98. The molecule has 0 spiro atoms. The molecule has 1 aliphatic heterocycles. The van der Waals surface area contributed by atoms with E-state index in [2.05, 4.69) is 38.7 Å². The highest BCUT2D eigenvalue weighted by Gasteiger charge is 2.22. The highest BCUT2D eigenvalue weighted by Crippen LogP contribution is 2.24. The third-order valence-electron chi connectivity index (χ3n) is 4.01. The van der Waals surface area contributed by atoms with E-state index in [1.807, 2.05) is 12.1 Å². The van der Waals surface area contributed by atoms with Crippen LogP contribution in [0.4, 0.5) is 0 Å². The first-order valence-electron chi connectivity index (χ1n) is 7.09. The Morgan fingerprint density at radius 2 is 2.05 bits per heavy atom. The summed E-state index contributed by atoms with van der Waals surface area (Å²) >= 11 is 8.69. The average molecular weight is 372 g/mol. The predicted octanol–water partition coefficient (Wildman–Crippen LogP) is 2.25. The highest BCUT2D eigenvalue weighted by atomic mass is 79.9. The molecule has 0 saturated carbocycles. The van der Waals surface area contributed by atoms with Crippen molar-refractivity contribution in [2.45, 2.75) is 19.5 Å². The molecule has 0 aromatic heterocycles. The van der Waals surface area contributed by atoms with Gasteiger partial charge in [-0.25, -0.2) is 0 Å². The van der Waals surface area contributed by atoms with Gasteiger partial charge in [-0.15, -0.1) is 0 Å². The van der Waals surface area contributed by atoms with Gasteiger partial charge in [-0.05, 0) is 30.7 Å². The van der Waals surface area contributed by atoms with Gasteiger partial charge < -0.3 is 10.5 Å². The minimum absolute atomic E-state index is 0.186. The number of halogens is 1. The summed E-state index contributed by atoms with van der Waals surface area (Å²) in [7, 11) is 1.70. The van der Waals surface area contributed by atoms with Crippen LogP contribution in [0, 0.1) is 0 Å².